The van der Waals surface area contributed by atoms with E-state index in [1.165, 1.54) is 43.8 Å². The predicted octanol–water partition coefficient (Wildman–Crippen LogP) is 10.9. The van der Waals surface area contributed by atoms with Crippen LogP contribution in [-0.4, -0.2) is 9.13 Å². The van der Waals surface area contributed by atoms with E-state index in [-0.39, 0.29) is 0 Å². The van der Waals surface area contributed by atoms with Gasteiger partial charge in [-0.1, -0.05) is 54.6 Å². The Morgan fingerprint density at radius 2 is 1.16 bits per heavy atom. The third-order valence-electron chi connectivity index (χ3n) is 8.80. The Morgan fingerprint density at radius 3 is 1.93 bits per heavy atom. The summed E-state index contributed by atoms with van der Waals surface area (Å²) < 4.78 is 11.1. The van der Waals surface area contributed by atoms with E-state index >= 15 is 0 Å². The Balaban J connectivity index is 1.28. The number of aromatic nitrogens is 2. The summed E-state index contributed by atoms with van der Waals surface area (Å²) >= 11 is 0. The van der Waals surface area contributed by atoms with Crippen molar-refractivity contribution in [2.45, 2.75) is 13.8 Å². The van der Waals surface area contributed by atoms with E-state index in [4.69, 9.17) is 4.74 Å². The van der Waals surface area contributed by atoms with Gasteiger partial charge in [-0.05, 0) is 104 Å². The van der Waals surface area contributed by atoms with Crippen molar-refractivity contribution < 1.29 is 4.74 Å². The van der Waals surface area contributed by atoms with Crippen LogP contribution >= 0.6 is 0 Å². The molecule has 0 spiro atoms. The number of para-hydroxylation sites is 2. The van der Waals surface area contributed by atoms with Crippen LogP contribution < -0.4 is 9.64 Å². The quantitative estimate of drug-likeness (QED) is 0.212. The molecule has 1 aliphatic rings. The Bertz CT molecular complexity index is 2340. The summed E-state index contributed by atoms with van der Waals surface area (Å²) in [7, 11) is 0. The third kappa shape index (κ3) is 3.71. The van der Waals surface area contributed by atoms with E-state index in [0.29, 0.717) is 0 Å². The fraction of sp³-hybridized carbons (Fsp3) is 0.0500. The normalized spacial score (nSPS) is 12.5. The third-order valence-corrected chi connectivity index (χ3v) is 8.80. The number of benzene rings is 6. The van der Waals surface area contributed by atoms with Crippen molar-refractivity contribution in [1.29, 1.82) is 0 Å². The maximum atomic E-state index is 6.44. The number of ether oxygens (including phenoxy) is 1. The molecule has 4 heteroatoms. The average molecular weight is 568 g/mol. The minimum absolute atomic E-state index is 0.870. The minimum atomic E-state index is 0.870. The highest BCUT2D eigenvalue weighted by atomic mass is 16.5. The van der Waals surface area contributed by atoms with Gasteiger partial charge in [-0.25, -0.2) is 0 Å². The number of nitrogens with zero attached hydrogens (tertiary/aromatic N) is 3. The van der Waals surface area contributed by atoms with Gasteiger partial charge in [0.1, 0.15) is 0 Å². The smallest absolute Gasteiger partial charge is 0.151 e. The van der Waals surface area contributed by atoms with Gasteiger partial charge < -0.3 is 18.8 Å². The number of rotatable bonds is 3. The van der Waals surface area contributed by atoms with Crippen LogP contribution in [0.1, 0.15) is 11.1 Å². The Morgan fingerprint density at radius 1 is 0.477 bits per heavy atom. The van der Waals surface area contributed by atoms with Crippen molar-refractivity contribution in [3.05, 3.63) is 151 Å². The number of aryl methyl sites for hydroxylation is 2. The van der Waals surface area contributed by atoms with Crippen LogP contribution in [0.15, 0.2) is 140 Å². The van der Waals surface area contributed by atoms with Crippen LogP contribution in [-0.2, 0) is 0 Å². The molecule has 3 heterocycles. The zero-order valence-electron chi connectivity index (χ0n) is 24.5. The Hall–Kier alpha value is -5.74. The second-order valence-corrected chi connectivity index (χ2v) is 11.7. The molecular weight excluding hydrogens is 538 g/mol. The van der Waals surface area contributed by atoms with Crippen molar-refractivity contribution in [3.63, 3.8) is 0 Å². The lowest BCUT2D eigenvalue weighted by atomic mass is 10.1. The first-order valence-electron chi connectivity index (χ1n) is 15.0. The van der Waals surface area contributed by atoms with E-state index in [0.717, 1.165) is 39.9 Å². The molecule has 2 aromatic heterocycles. The summed E-state index contributed by atoms with van der Waals surface area (Å²) in [5, 5.41) is 3.72. The average Bonchev–Trinajstić information content (AvgIpc) is 3.61. The van der Waals surface area contributed by atoms with E-state index in [2.05, 4.69) is 168 Å². The molecule has 0 radical (unpaired) electrons. The van der Waals surface area contributed by atoms with Crippen molar-refractivity contribution in [1.82, 2.24) is 9.13 Å². The lowest BCUT2D eigenvalue weighted by Gasteiger charge is -2.33. The number of hydrogen-bond donors (Lipinski definition) is 0. The molecule has 0 saturated heterocycles. The second-order valence-electron chi connectivity index (χ2n) is 11.7. The summed E-state index contributed by atoms with van der Waals surface area (Å²) in [5.74, 6) is 1.74. The van der Waals surface area contributed by atoms with Gasteiger partial charge in [-0.3, -0.25) is 0 Å². The van der Waals surface area contributed by atoms with Crippen molar-refractivity contribution >= 4 is 49.8 Å². The molecule has 0 atom stereocenters. The van der Waals surface area contributed by atoms with Crippen LogP contribution in [0, 0.1) is 13.8 Å². The SMILES string of the molecule is Cc1ccc2c(c1)Oc1cc(C)ccc1N2c1cccc(-n2c3ccccc3c3cc4ccn(-c5ccccc5)c4cc32)c1. The molecule has 4 nitrogen and oxygen atoms in total. The highest BCUT2D eigenvalue weighted by Crippen LogP contribution is 2.51. The molecule has 0 saturated carbocycles. The Kier molecular flexibility index (Phi) is 5.29. The number of hydrogen-bond acceptors (Lipinski definition) is 2. The molecule has 0 N–H and O–H groups in total. The fourth-order valence-electron chi connectivity index (χ4n) is 6.76. The molecular formula is C40H29N3O. The first-order chi connectivity index (χ1) is 21.6. The summed E-state index contributed by atoms with van der Waals surface area (Å²) in [6.07, 6.45) is 2.17. The lowest BCUT2D eigenvalue weighted by molar-refractivity contribution is 0.476. The molecule has 210 valence electrons. The lowest BCUT2D eigenvalue weighted by Crippen LogP contribution is -2.16. The summed E-state index contributed by atoms with van der Waals surface area (Å²) in [6, 6.07) is 47.9. The summed E-state index contributed by atoms with van der Waals surface area (Å²) in [6.45, 7) is 4.21. The van der Waals surface area contributed by atoms with Gasteiger partial charge in [0, 0.05) is 39.4 Å². The van der Waals surface area contributed by atoms with Crippen LogP contribution in [0.3, 0.4) is 0 Å². The van der Waals surface area contributed by atoms with Gasteiger partial charge in [-0.15, -0.1) is 0 Å². The molecule has 6 aromatic carbocycles. The minimum Gasteiger partial charge on any atom is -0.453 e. The maximum absolute atomic E-state index is 6.44. The van der Waals surface area contributed by atoms with Gasteiger partial charge in [0.2, 0.25) is 0 Å². The molecule has 0 bridgehead atoms. The standard InChI is InChI=1S/C40H29N3O/c1-26-15-17-35-39(21-26)44-40-22-27(2)16-18-36(40)43(35)31-12-8-11-30(24-31)42-34-14-7-6-13-32(34)33-23-28-19-20-41(37(28)25-38(33)42)29-9-4-3-5-10-29/h3-25H,1-2H3. The van der Waals surface area contributed by atoms with Crippen molar-refractivity contribution in [2.24, 2.45) is 0 Å². The zero-order valence-corrected chi connectivity index (χ0v) is 24.5. The molecule has 8 aromatic rings. The first kappa shape index (κ1) is 24.8. The van der Waals surface area contributed by atoms with Crippen LogP contribution in [0.25, 0.3) is 44.1 Å². The van der Waals surface area contributed by atoms with E-state index in [1.54, 1.807) is 0 Å². The fourth-order valence-corrected chi connectivity index (χ4v) is 6.76. The molecule has 44 heavy (non-hydrogen) atoms. The highest BCUT2D eigenvalue weighted by Gasteiger charge is 2.26. The number of anilines is 3. The molecule has 1 aliphatic heterocycles. The van der Waals surface area contributed by atoms with Gasteiger partial charge in [0.05, 0.1) is 27.9 Å². The van der Waals surface area contributed by atoms with E-state index in [9.17, 15) is 0 Å². The molecule has 9 rings (SSSR count). The molecule has 0 amide bonds. The van der Waals surface area contributed by atoms with Gasteiger partial charge in [0.25, 0.3) is 0 Å². The first-order valence-corrected chi connectivity index (χ1v) is 15.0. The van der Waals surface area contributed by atoms with Crippen LogP contribution in [0.5, 0.6) is 11.5 Å². The van der Waals surface area contributed by atoms with Crippen molar-refractivity contribution in [3.8, 4) is 22.9 Å². The predicted molar refractivity (Wildman–Crippen MR) is 182 cm³/mol. The van der Waals surface area contributed by atoms with Crippen LogP contribution in [0.4, 0.5) is 17.1 Å². The Labute approximate surface area is 255 Å². The molecule has 0 aliphatic carbocycles. The van der Waals surface area contributed by atoms with E-state index < -0.39 is 0 Å². The molecule has 0 fully saturated rings. The van der Waals surface area contributed by atoms with Gasteiger partial charge in [-0.2, -0.15) is 0 Å². The summed E-state index contributed by atoms with van der Waals surface area (Å²) in [4.78, 5) is 2.32. The van der Waals surface area contributed by atoms with Crippen LogP contribution in [0.2, 0.25) is 0 Å². The van der Waals surface area contributed by atoms with Gasteiger partial charge in [0.15, 0.2) is 11.5 Å². The second kappa shape index (κ2) is 9.38. The highest BCUT2D eigenvalue weighted by molar-refractivity contribution is 6.13. The molecule has 0 unspecified atom stereocenters. The summed E-state index contributed by atoms with van der Waals surface area (Å²) in [5.41, 5.74) is 11.3. The monoisotopic (exact) mass is 567 g/mol. The maximum Gasteiger partial charge on any atom is 0.151 e. The topological polar surface area (TPSA) is 22.3 Å². The van der Waals surface area contributed by atoms with E-state index in [1.807, 2.05) is 0 Å². The largest absolute Gasteiger partial charge is 0.453 e. The number of fused-ring (bicyclic) bond motifs is 6. The zero-order chi connectivity index (χ0) is 29.4. The van der Waals surface area contributed by atoms with Crippen molar-refractivity contribution in [2.75, 3.05) is 4.90 Å². The van der Waals surface area contributed by atoms with Gasteiger partial charge >= 0.3 is 0 Å².